The van der Waals surface area contributed by atoms with Crippen molar-refractivity contribution >= 4 is 5.82 Å². The van der Waals surface area contributed by atoms with Gasteiger partial charge in [-0.3, -0.25) is 0 Å². The molecular weight excluding hydrogens is 228 g/mol. The summed E-state index contributed by atoms with van der Waals surface area (Å²) in [6.45, 7) is 0.860. The summed E-state index contributed by atoms with van der Waals surface area (Å²) in [5, 5.41) is 12.4. The van der Waals surface area contributed by atoms with Crippen molar-refractivity contribution in [2.24, 2.45) is 5.92 Å². The van der Waals surface area contributed by atoms with Crippen LogP contribution in [-0.4, -0.2) is 28.7 Å². The molecule has 1 saturated heterocycles. The van der Waals surface area contributed by atoms with E-state index in [0.717, 1.165) is 25.9 Å². The highest BCUT2D eigenvalue weighted by Crippen LogP contribution is 2.35. The summed E-state index contributed by atoms with van der Waals surface area (Å²) < 4.78 is 5.74. The Bertz CT molecular complexity index is 470. The summed E-state index contributed by atoms with van der Waals surface area (Å²) in [7, 11) is 0. The molecule has 5 heteroatoms. The molecule has 0 spiro atoms. The summed E-state index contributed by atoms with van der Waals surface area (Å²) in [4.78, 5) is 8.25. The first-order chi connectivity index (χ1) is 8.88. The Morgan fingerprint density at radius 2 is 2.17 bits per heavy atom. The molecule has 1 N–H and O–H groups in total. The highest BCUT2D eigenvalue weighted by molar-refractivity contribution is 5.47. The van der Waals surface area contributed by atoms with Crippen LogP contribution in [0.4, 0.5) is 5.82 Å². The lowest BCUT2D eigenvalue weighted by molar-refractivity contribution is 0.0619. The number of hydrogen-bond donors (Lipinski definition) is 1. The fourth-order valence-electron chi connectivity index (χ4n) is 3.06. The maximum Gasteiger partial charge on any atom is 0.182 e. The van der Waals surface area contributed by atoms with Gasteiger partial charge in [-0.05, 0) is 25.7 Å². The summed E-state index contributed by atoms with van der Waals surface area (Å²) in [6, 6.07) is 2.43. The van der Waals surface area contributed by atoms with Crippen LogP contribution in [0, 0.1) is 17.2 Å². The molecule has 1 saturated carbocycles. The SMILES string of the molecule is N#Cc1nccnc1NC1CCCC2OCCC12. The average Bonchev–Trinajstić information content (AvgIpc) is 2.89. The largest absolute Gasteiger partial charge is 0.378 e. The summed E-state index contributed by atoms with van der Waals surface area (Å²) in [5.41, 5.74) is 0.374. The van der Waals surface area contributed by atoms with Crippen LogP contribution in [0.2, 0.25) is 0 Å². The Labute approximate surface area is 106 Å². The van der Waals surface area contributed by atoms with Crippen molar-refractivity contribution in [3.8, 4) is 6.07 Å². The van der Waals surface area contributed by atoms with Gasteiger partial charge in [0.1, 0.15) is 6.07 Å². The quantitative estimate of drug-likeness (QED) is 0.857. The molecule has 1 aromatic rings. The van der Waals surface area contributed by atoms with E-state index < -0.39 is 0 Å². The number of hydrogen-bond acceptors (Lipinski definition) is 5. The molecule has 1 aliphatic heterocycles. The topological polar surface area (TPSA) is 70.8 Å². The molecule has 1 aliphatic carbocycles. The van der Waals surface area contributed by atoms with Crippen molar-refractivity contribution in [3.63, 3.8) is 0 Å². The molecule has 3 rings (SSSR count). The molecule has 5 nitrogen and oxygen atoms in total. The van der Waals surface area contributed by atoms with Crippen molar-refractivity contribution in [1.29, 1.82) is 5.26 Å². The van der Waals surface area contributed by atoms with Crippen molar-refractivity contribution in [2.75, 3.05) is 11.9 Å². The van der Waals surface area contributed by atoms with Crippen LogP contribution in [0.15, 0.2) is 12.4 Å². The van der Waals surface area contributed by atoms with Gasteiger partial charge in [0.05, 0.1) is 6.10 Å². The van der Waals surface area contributed by atoms with Gasteiger partial charge in [-0.2, -0.15) is 5.26 Å². The molecule has 2 heterocycles. The maximum absolute atomic E-state index is 9.02. The normalized spacial score (nSPS) is 30.5. The number of ether oxygens (including phenoxy) is 1. The third-order valence-corrected chi connectivity index (χ3v) is 3.91. The number of nitrogens with one attached hydrogen (secondary N) is 1. The van der Waals surface area contributed by atoms with Crippen LogP contribution < -0.4 is 5.32 Å². The number of anilines is 1. The minimum atomic E-state index is 0.357. The Morgan fingerprint density at radius 1 is 1.28 bits per heavy atom. The molecule has 3 unspecified atom stereocenters. The van der Waals surface area contributed by atoms with E-state index in [-0.39, 0.29) is 0 Å². The van der Waals surface area contributed by atoms with Gasteiger partial charge in [-0.25, -0.2) is 9.97 Å². The van der Waals surface area contributed by atoms with Crippen LogP contribution in [0.25, 0.3) is 0 Å². The van der Waals surface area contributed by atoms with E-state index >= 15 is 0 Å². The van der Waals surface area contributed by atoms with Gasteiger partial charge in [-0.1, -0.05) is 0 Å². The zero-order valence-electron chi connectivity index (χ0n) is 10.2. The molecular formula is C13H16N4O. The fraction of sp³-hybridized carbons (Fsp3) is 0.615. The van der Waals surface area contributed by atoms with Gasteiger partial charge in [0.2, 0.25) is 0 Å². The Hall–Kier alpha value is -1.67. The smallest absolute Gasteiger partial charge is 0.182 e. The summed E-state index contributed by atoms with van der Waals surface area (Å²) >= 11 is 0. The predicted molar refractivity (Wildman–Crippen MR) is 65.9 cm³/mol. The third kappa shape index (κ3) is 2.04. The molecule has 0 bridgehead atoms. The van der Waals surface area contributed by atoms with E-state index in [0.29, 0.717) is 29.6 Å². The zero-order chi connectivity index (χ0) is 12.4. The minimum Gasteiger partial charge on any atom is -0.378 e. The third-order valence-electron chi connectivity index (χ3n) is 3.91. The lowest BCUT2D eigenvalue weighted by atomic mass is 9.82. The van der Waals surface area contributed by atoms with Crippen molar-refractivity contribution in [2.45, 2.75) is 37.8 Å². The van der Waals surface area contributed by atoms with Gasteiger partial charge in [0.15, 0.2) is 11.5 Å². The molecule has 3 atom stereocenters. The van der Waals surface area contributed by atoms with E-state index in [2.05, 4.69) is 21.4 Å². The molecule has 1 aromatic heterocycles. The zero-order valence-corrected chi connectivity index (χ0v) is 10.2. The second-order valence-corrected chi connectivity index (χ2v) is 4.91. The van der Waals surface area contributed by atoms with Crippen LogP contribution >= 0.6 is 0 Å². The van der Waals surface area contributed by atoms with E-state index in [1.807, 2.05) is 0 Å². The minimum absolute atomic E-state index is 0.357. The van der Waals surface area contributed by atoms with Gasteiger partial charge in [0.25, 0.3) is 0 Å². The van der Waals surface area contributed by atoms with Gasteiger partial charge < -0.3 is 10.1 Å². The highest BCUT2D eigenvalue weighted by Gasteiger charge is 2.37. The number of nitriles is 1. The van der Waals surface area contributed by atoms with E-state index in [9.17, 15) is 0 Å². The Morgan fingerprint density at radius 3 is 3.06 bits per heavy atom. The Balaban J connectivity index is 1.77. The number of rotatable bonds is 2. The number of aromatic nitrogens is 2. The van der Waals surface area contributed by atoms with Gasteiger partial charge in [0, 0.05) is 31.0 Å². The summed E-state index contributed by atoms with van der Waals surface area (Å²) in [5.74, 6) is 1.16. The second kappa shape index (κ2) is 4.91. The van der Waals surface area contributed by atoms with E-state index in [4.69, 9.17) is 10.00 Å². The van der Waals surface area contributed by atoms with Crippen LogP contribution in [0.5, 0.6) is 0 Å². The van der Waals surface area contributed by atoms with Gasteiger partial charge in [-0.15, -0.1) is 0 Å². The van der Waals surface area contributed by atoms with Crippen LogP contribution in [0.1, 0.15) is 31.4 Å². The van der Waals surface area contributed by atoms with Crippen LogP contribution in [0.3, 0.4) is 0 Å². The molecule has 94 valence electrons. The molecule has 2 aliphatic rings. The molecule has 2 fully saturated rings. The second-order valence-electron chi connectivity index (χ2n) is 4.91. The standard InChI is InChI=1S/C13H16N4O/c14-8-11-13(16-6-5-15-11)17-10-2-1-3-12-9(10)4-7-18-12/h5-6,9-10,12H,1-4,7H2,(H,16,17). The maximum atomic E-state index is 9.02. The lowest BCUT2D eigenvalue weighted by Gasteiger charge is -2.33. The first-order valence-electron chi connectivity index (χ1n) is 6.48. The predicted octanol–water partition coefficient (Wildman–Crippen LogP) is 1.72. The monoisotopic (exact) mass is 244 g/mol. The molecule has 0 radical (unpaired) electrons. The Kier molecular flexibility index (Phi) is 3.11. The highest BCUT2D eigenvalue weighted by atomic mass is 16.5. The average molecular weight is 244 g/mol. The van der Waals surface area contributed by atoms with Gasteiger partial charge >= 0.3 is 0 Å². The van der Waals surface area contributed by atoms with Crippen molar-refractivity contribution in [3.05, 3.63) is 18.1 Å². The first-order valence-corrected chi connectivity index (χ1v) is 6.48. The first kappa shape index (κ1) is 11.4. The number of fused-ring (bicyclic) bond motifs is 1. The molecule has 18 heavy (non-hydrogen) atoms. The fourth-order valence-corrected chi connectivity index (χ4v) is 3.06. The van der Waals surface area contributed by atoms with Crippen molar-refractivity contribution in [1.82, 2.24) is 9.97 Å². The molecule has 0 aromatic carbocycles. The summed E-state index contributed by atoms with van der Waals surface area (Å²) in [6.07, 6.45) is 8.10. The van der Waals surface area contributed by atoms with Crippen molar-refractivity contribution < 1.29 is 4.74 Å². The number of nitrogens with zero attached hydrogens (tertiary/aromatic N) is 3. The lowest BCUT2D eigenvalue weighted by Crippen LogP contribution is -2.38. The van der Waals surface area contributed by atoms with E-state index in [1.54, 1.807) is 12.4 Å². The molecule has 0 amide bonds. The van der Waals surface area contributed by atoms with E-state index in [1.165, 1.54) is 6.42 Å². The van der Waals surface area contributed by atoms with Crippen LogP contribution in [-0.2, 0) is 4.74 Å².